The maximum atomic E-state index is 5.06. The van der Waals surface area contributed by atoms with E-state index in [1.807, 2.05) is 36.4 Å². The van der Waals surface area contributed by atoms with Gasteiger partial charge in [0.1, 0.15) is 0 Å². The van der Waals surface area contributed by atoms with E-state index in [1.165, 1.54) is 33.4 Å². The molecule has 0 saturated heterocycles. The Bertz CT molecular complexity index is 1980. The molecule has 0 fully saturated rings. The van der Waals surface area contributed by atoms with Gasteiger partial charge in [0, 0.05) is 39.3 Å². The largest absolute Gasteiger partial charge is 0.679 e. The Balaban J connectivity index is 0.000000329. The van der Waals surface area contributed by atoms with E-state index in [4.69, 9.17) is 15.6 Å². The smallest absolute Gasteiger partial charge is 0.0248 e. The average Bonchev–Trinajstić information content (AvgIpc) is 3.23. The van der Waals surface area contributed by atoms with Crippen molar-refractivity contribution in [2.75, 3.05) is 0 Å². The van der Waals surface area contributed by atoms with E-state index in [2.05, 4.69) is 172 Å². The molecule has 1 aromatic heterocycles. The number of pyridine rings is 1. The van der Waals surface area contributed by atoms with E-state index in [9.17, 15) is 0 Å². The molecule has 0 atom stereocenters. The summed E-state index contributed by atoms with van der Waals surface area (Å²) in [5.41, 5.74) is 14.2. The van der Waals surface area contributed by atoms with Gasteiger partial charge in [0.2, 0.25) is 0 Å². The topological polar surface area (TPSA) is 41.1 Å². The number of para-hydroxylation sites is 2. The summed E-state index contributed by atoms with van der Waals surface area (Å²) in [6, 6.07) is 39.8. The van der Waals surface area contributed by atoms with Crippen LogP contribution in [0, 0.1) is 17.9 Å². The molecule has 0 aliphatic heterocycles. The number of nitrogens with zero attached hydrogens (tertiary/aromatic N) is 3. The number of hydrogen-bond acceptors (Lipinski definition) is 1. The van der Waals surface area contributed by atoms with Crippen molar-refractivity contribution in [1.82, 2.24) is 4.98 Å². The molecule has 59 heavy (non-hydrogen) atoms. The average molecular weight is 950 g/mol. The van der Waals surface area contributed by atoms with E-state index in [1.54, 1.807) is 0 Å². The quantitative estimate of drug-likeness (QED) is 0.0552. The summed E-state index contributed by atoms with van der Waals surface area (Å²) in [4.78, 5) is 4.91. The fraction of sp³-hybridized carbons (Fsp3) is 0.364. The van der Waals surface area contributed by atoms with Crippen molar-refractivity contribution in [2.24, 2.45) is 0 Å². The summed E-state index contributed by atoms with van der Waals surface area (Å²) in [6.45, 7) is 23.5. The van der Waals surface area contributed by atoms with Crippen LogP contribution < -0.4 is 0 Å². The fourth-order valence-corrected chi connectivity index (χ4v) is 6.92. The molecule has 0 bridgehead atoms. The van der Waals surface area contributed by atoms with Crippen molar-refractivity contribution in [1.29, 1.82) is 0 Å². The SMILES string of the molecule is CC(C)c1cccc(C(C)C)c1[N-]Cc1cccc(C[N-]c2c(C(C)C)cccc2C(C)C)n1.CCC/C(C#Cc1ccccc1)=C(/C=[C-]c1ccccc1)CCC.[Ta]. The van der Waals surface area contributed by atoms with Crippen molar-refractivity contribution in [3.8, 4) is 11.8 Å². The Kier molecular flexibility index (Phi) is 21.3. The summed E-state index contributed by atoms with van der Waals surface area (Å²) in [5.74, 6) is 8.47. The van der Waals surface area contributed by atoms with Crippen LogP contribution >= 0.6 is 0 Å². The van der Waals surface area contributed by atoms with E-state index in [-0.39, 0.29) is 22.4 Å². The van der Waals surface area contributed by atoms with Crippen LogP contribution in [0.1, 0.15) is 163 Å². The summed E-state index contributed by atoms with van der Waals surface area (Å²) in [6.07, 6.45) is 9.82. The molecule has 1 heterocycles. The Labute approximate surface area is 374 Å². The molecule has 3 nitrogen and oxygen atoms in total. The summed E-state index contributed by atoms with van der Waals surface area (Å²) in [7, 11) is 0. The van der Waals surface area contributed by atoms with Gasteiger partial charge in [-0.25, -0.2) is 0 Å². The molecule has 5 aromatic rings. The molecule has 0 aliphatic carbocycles. The molecule has 0 aliphatic rings. The molecular weight excluding hydrogens is 884 g/mol. The molecule has 0 spiro atoms. The minimum atomic E-state index is 0. The van der Waals surface area contributed by atoms with Gasteiger partial charge < -0.3 is 10.6 Å². The Morgan fingerprint density at radius 2 is 0.983 bits per heavy atom. The Morgan fingerprint density at radius 1 is 0.559 bits per heavy atom. The first-order valence-corrected chi connectivity index (χ1v) is 21.5. The minimum Gasteiger partial charge on any atom is -0.679 e. The zero-order valence-corrected chi connectivity index (χ0v) is 40.6. The summed E-state index contributed by atoms with van der Waals surface area (Å²) < 4.78 is 0. The minimum absolute atomic E-state index is 0. The van der Waals surface area contributed by atoms with Crippen LogP contribution in [0.25, 0.3) is 10.6 Å². The first kappa shape index (κ1) is 48.8. The van der Waals surface area contributed by atoms with Crippen molar-refractivity contribution in [2.45, 2.75) is 132 Å². The Hall–Kier alpha value is -4.59. The second-order valence-electron chi connectivity index (χ2n) is 16.2. The van der Waals surface area contributed by atoms with Gasteiger partial charge in [0.15, 0.2) is 0 Å². The standard InChI is InChI=1S/C31H41N3.C24H25.Ta/c1-20(2)26-14-10-15-27(21(3)4)30(26)32-18-24-12-9-13-25(34-24)19-33-31-28(22(5)6)16-11-17-29(31)23(7)8;1-3-11-23(19-17-21-13-7-5-8-14-21)24(12-4-2)20-18-22-15-9-6-10-16-22;/h9-17,20-23H,18-19H2,1-8H3;5-10,13-16,19H,3-4,11-12H2,1-2H3;/q-2;-1;/b;24-23-;. The molecule has 0 amide bonds. The van der Waals surface area contributed by atoms with Crippen LogP contribution in [-0.4, -0.2) is 4.98 Å². The third-order valence-corrected chi connectivity index (χ3v) is 10.1. The third-order valence-electron chi connectivity index (χ3n) is 10.1. The van der Waals surface area contributed by atoms with Crippen LogP contribution in [0.3, 0.4) is 0 Å². The summed E-state index contributed by atoms with van der Waals surface area (Å²) in [5, 5.41) is 10.1. The normalized spacial score (nSPS) is 11.5. The number of hydrogen-bond donors (Lipinski definition) is 0. The number of benzene rings is 4. The fourth-order valence-electron chi connectivity index (χ4n) is 6.92. The molecule has 309 valence electrons. The summed E-state index contributed by atoms with van der Waals surface area (Å²) >= 11 is 0. The van der Waals surface area contributed by atoms with Gasteiger partial charge in [-0.05, 0) is 59.9 Å². The zero-order chi connectivity index (χ0) is 41.9. The van der Waals surface area contributed by atoms with Gasteiger partial charge in [-0.1, -0.05) is 202 Å². The maximum absolute atomic E-state index is 5.06. The van der Waals surface area contributed by atoms with Crippen LogP contribution in [0.5, 0.6) is 0 Å². The first-order valence-electron chi connectivity index (χ1n) is 21.5. The predicted molar refractivity (Wildman–Crippen MR) is 250 cm³/mol. The second-order valence-corrected chi connectivity index (χ2v) is 16.2. The van der Waals surface area contributed by atoms with Crippen molar-refractivity contribution < 1.29 is 22.4 Å². The molecule has 1 radical (unpaired) electrons. The van der Waals surface area contributed by atoms with Crippen LogP contribution in [0.2, 0.25) is 0 Å². The van der Waals surface area contributed by atoms with Gasteiger partial charge >= 0.3 is 0 Å². The molecule has 4 heteroatoms. The molecule has 4 aromatic carbocycles. The molecule has 0 unspecified atom stereocenters. The van der Waals surface area contributed by atoms with Gasteiger partial charge in [0.05, 0.1) is 0 Å². The monoisotopic (exact) mass is 949 g/mol. The third kappa shape index (κ3) is 15.5. The number of aromatic nitrogens is 1. The molecule has 5 rings (SSSR count). The van der Waals surface area contributed by atoms with Gasteiger partial charge in [-0.2, -0.15) is 0 Å². The predicted octanol–water partition coefficient (Wildman–Crippen LogP) is 16.3. The van der Waals surface area contributed by atoms with Gasteiger partial charge in [-0.3, -0.25) is 4.98 Å². The molecule has 0 saturated carbocycles. The number of allylic oxidation sites excluding steroid dienone is 3. The van der Waals surface area contributed by atoms with Crippen molar-refractivity contribution in [3.63, 3.8) is 0 Å². The van der Waals surface area contributed by atoms with Gasteiger partial charge in [-0.15, -0.1) is 58.9 Å². The Morgan fingerprint density at radius 3 is 1.41 bits per heavy atom. The molecular formula is C55H66N3Ta-3. The molecule has 0 N–H and O–H groups in total. The maximum Gasteiger partial charge on any atom is 0.0248 e. The van der Waals surface area contributed by atoms with Crippen molar-refractivity contribution >= 4 is 11.4 Å². The zero-order valence-electron chi connectivity index (χ0n) is 37.4. The van der Waals surface area contributed by atoms with E-state index in [0.29, 0.717) is 36.8 Å². The first-order chi connectivity index (χ1) is 28.0. The van der Waals surface area contributed by atoms with Crippen LogP contribution in [0.15, 0.2) is 132 Å². The van der Waals surface area contributed by atoms with Crippen molar-refractivity contribution in [3.05, 3.63) is 194 Å². The van der Waals surface area contributed by atoms with Crippen LogP contribution in [-0.2, 0) is 35.5 Å². The van der Waals surface area contributed by atoms with E-state index in [0.717, 1.165) is 59.6 Å². The number of rotatable bonds is 16. The van der Waals surface area contributed by atoms with Crippen LogP contribution in [0.4, 0.5) is 11.4 Å². The van der Waals surface area contributed by atoms with E-state index < -0.39 is 0 Å². The van der Waals surface area contributed by atoms with Gasteiger partial charge in [0.25, 0.3) is 0 Å². The second kappa shape index (κ2) is 25.8. The van der Waals surface area contributed by atoms with E-state index >= 15 is 0 Å².